The second-order valence-corrected chi connectivity index (χ2v) is 8.40. The molecule has 0 bridgehead atoms. The molecule has 1 N–H and O–H groups in total. The SMILES string of the molecule is C[C@@H](OC(=O)C1CCN(C(=O)c2cccs2)CC1)C(=O)NCc1cccs1. The van der Waals surface area contributed by atoms with Crippen LogP contribution in [0.4, 0.5) is 0 Å². The molecule has 144 valence electrons. The highest BCUT2D eigenvalue weighted by Crippen LogP contribution is 2.22. The summed E-state index contributed by atoms with van der Waals surface area (Å²) in [6, 6.07) is 7.52. The third-order valence-electron chi connectivity index (χ3n) is 4.53. The molecule has 0 aromatic carbocycles. The van der Waals surface area contributed by atoms with Crippen LogP contribution < -0.4 is 5.32 Å². The van der Waals surface area contributed by atoms with Gasteiger partial charge in [-0.05, 0) is 42.7 Å². The van der Waals surface area contributed by atoms with Crippen LogP contribution in [0.1, 0.15) is 34.3 Å². The molecule has 1 atom stereocenters. The first-order valence-corrected chi connectivity index (χ1v) is 10.6. The molecule has 0 radical (unpaired) electrons. The van der Waals surface area contributed by atoms with Gasteiger partial charge in [-0.15, -0.1) is 22.7 Å². The molecule has 27 heavy (non-hydrogen) atoms. The van der Waals surface area contributed by atoms with Crippen molar-refractivity contribution in [2.75, 3.05) is 13.1 Å². The Kier molecular flexibility index (Phi) is 6.63. The number of carbonyl (C=O) groups excluding carboxylic acids is 3. The van der Waals surface area contributed by atoms with Crippen molar-refractivity contribution < 1.29 is 19.1 Å². The Balaban J connectivity index is 1.42. The third kappa shape index (κ3) is 5.17. The van der Waals surface area contributed by atoms with Crippen LogP contribution in [0.5, 0.6) is 0 Å². The monoisotopic (exact) mass is 406 g/mol. The van der Waals surface area contributed by atoms with Gasteiger partial charge in [0.2, 0.25) is 0 Å². The van der Waals surface area contributed by atoms with Gasteiger partial charge in [-0.3, -0.25) is 14.4 Å². The minimum Gasteiger partial charge on any atom is -0.452 e. The molecule has 6 nitrogen and oxygen atoms in total. The molecule has 1 saturated heterocycles. The van der Waals surface area contributed by atoms with Crippen LogP contribution in [0.15, 0.2) is 35.0 Å². The van der Waals surface area contributed by atoms with Gasteiger partial charge in [0.1, 0.15) is 0 Å². The largest absolute Gasteiger partial charge is 0.452 e. The van der Waals surface area contributed by atoms with Crippen molar-refractivity contribution in [2.45, 2.75) is 32.4 Å². The number of likely N-dealkylation sites (tertiary alicyclic amines) is 1. The molecule has 1 aliphatic rings. The van der Waals surface area contributed by atoms with E-state index in [0.717, 1.165) is 4.88 Å². The first-order chi connectivity index (χ1) is 13.0. The lowest BCUT2D eigenvalue weighted by atomic mass is 9.97. The molecular weight excluding hydrogens is 384 g/mol. The van der Waals surface area contributed by atoms with Crippen LogP contribution in [0.3, 0.4) is 0 Å². The Labute approximate surface area is 166 Å². The molecule has 3 rings (SSSR count). The first-order valence-electron chi connectivity index (χ1n) is 8.88. The van der Waals surface area contributed by atoms with Crippen molar-refractivity contribution in [2.24, 2.45) is 5.92 Å². The molecule has 1 fully saturated rings. The van der Waals surface area contributed by atoms with E-state index in [2.05, 4.69) is 5.32 Å². The lowest BCUT2D eigenvalue weighted by Crippen LogP contribution is -2.42. The highest BCUT2D eigenvalue weighted by atomic mass is 32.1. The number of rotatable bonds is 6. The molecule has 0 saturated carbocycles. The average molecular weight is 407 g/mol. The number of carbonyl (C=O) groups is 3. The van der Waals surface area contributed by atoms with Gasteiger partial charge < -0.3 is 15.0 Å². The number of piperidine rings is 1. The van der Waals surface area contributed by atoms with Gasteiger partial charge in [0.25, 0.3) is 11.8 Å². The van der Waals surface area contributed by atoms with Crippen molar-refractivity contribution in [3.8, 4) is 0 Å². The molecule has 2 aromatic rings. The molecule has 3 heterocycles. The maximum absolute atomic E-state index is 12.3. The number of thiophene rings is 2. The van der Waals surface area contributed by atoms with E-state index in [4.69, 9.17) is 4.74 Å². The summed E-state index contributed by atoms with van der Waals surface area (Å²) in [5, 5.41) is 6.60. The molecule has 0 spiro atoms. The summed E-state index contributed by atoms with van der Waals surface area (Å²) in [6.07, 6.45) is 0.280. The highest BCUT2D eigenvalue weighted by Gasteiger charge is 2.30. The van der Waals surface area contributed by atoms with Crippen LogP contribution in [0, 0.1) is 5.92 Å². The summed E-state index contributed by atoms with van der Waals surface area (Å²) in [5.41, 5.74) is 0. The zero-order chi connectivity index (χ0) is 19.2. The van der Waals surface area contributed by atoms with E-state index in [9.17, 15) is 14.4 Å². The summed E-state index contributed by atoms with van der Waals surface area (Å²) in [4.78, 5) is 40.3. The van der Waals surface area contributed by atoms with E-state index >= 15 is 0 Å². The second-order valence-electron chi connectivity index (χ2n) is 6.42. The van der Waals surface area contributed by atoms with Gasteiger partial charge in [0.15, 0.2) is 6.10 Å². The molecule has 1 aliphatic heterocycles. The van der Waals surface area contributed by atoms with E-state index in [1.54, 1.807) is 23.2 Å². The average Bonchev–Trinajstić information content (AvgIpc) is 3.39. The Morgan fingerprint density at radius 2 is 1.89 bits per heavy atom. The number of amides is 2. The van der Waals surface area contributed by atoms with Gasteiger partial charge in [0, 0.05) is 18.0 Å². The van der Waals surface area contributed by atoms with Crippen molar-refractivity contribution in [1.29, 1.82) is 0 Å². The minimum absolute atomic E-state index is 0.0122. The van der Waals surface area contributed by atoms with Crippen LogP contribution >= 0.6 is 22.7 Å². The number of nitrogens with zero attached hydrogens (tertiary/aromatic N) is 1. The zero-order valence-electron chi connectivity index (χ0n) is 15.1. The molecule has 8 heteroatoms. The van der Waals surface area contributed by atoms with Gasteiger partial charge in [0.05, 0.1) is 17.3 Å². The smallest absolute Gasteiger partial charge is 0.309 e. The highest BCUT2D eigenvalue weighted by molar-refractivity contribution is 7.12. The molecule has 2 aromatic heterocycles. The summed E-state index contributed by atoms with van der Waals surface area (Å²) < 4.78 is 5.34. The standard InChI is InChI=1S/C19H22N2O4S2/c1-13(17(22)20-12-15-4-2-10-26-15)25-19(24)14-6-8-21(9-7-14)18(23)16-5-3-11-27-16/h2-5,10-11,13-14H,6-9,12H2,1H3,(H,20,22)/t13-/m1/s1. The second kappa shape index (κ2) is 9.14. The number of hydrogen-bond acceptors (Lipinski definition) is 6. The van der Waals surface area contributed by atoms with E-state index in [1.165, 1.54) is 11.3 Å². The fourth-order valence-corrected chi connectivity index (χ4v) is 4.26. The van der Waals surface area contributed by atoms with Crippen LogP contribution in [0.2, 0.25) is 0 Å². The van der Waals surface area contributed by atoms with Gasteiger partial charge >= 0.3 is 5.97 Å². The van der Waals surface area contributed by atoms with Gasteiger partial charge in [-0.2, -0.15) is 0 Å². The van der Waals surface area contributed by atoms with E-state index < -0.39 is 6.10 Å². The number of ether oxygens (including phenoxy) is 1. The normalized spacial score (nSPS) is 16.0. The molecule has 0 aliphatic carbocycles. The predicted octanol–water partition coefficient (Wildman–Crippen LogP) is 2.91. The Morgan fingerprint density at radius 1 is 1.19 bits per heavy atom. The Bertz CT molecular complexity index is 766. The zero-order valence-corrected chi connectivity index (χ0v) is 16.7. The lowest BCUT2D eigenvalue weighted by molar-refractivity contribution is -0.160. The number of nitrogens with one attached hydrogen (secondary N) is 1. The van der Waals surface area contributed by atoms with E-state index in [0.29, 0.717) is 37.4 Å². The van der Waals surface area contributed by atoms with Crippen LogP contribution in [0.25, 0.3) is 0 Å². The number of hydrogen-bond donors (Lipinski definition) is 1. The quantitative estimate of drug-likeness (QED) is 0.749. The van der Waals surface area contributed by atoms with Crippen molar-refractivity contribution in [3.05, 3.63) is 44.8 Å². The molecule has 2 amide bonds. The minimum atomic E-state index is -0.830. The maximum Gasteiger partial charge on any atom is 0.309 e. The fourth-order valence-electron chi connectivity index (χ4n) is 2.93. The fraction of sp³-hybridized carbons (Fsp3) is 0.421. The number of esters is 1. The summed E-state index contributed by atoms with van der Waals surface area (Å²) in [7, 11) is 0. The first kappa shape index (κ1) is 19.6. The summed E-state index contributed by atoms with van der Waals surface area (Å²) in [5.74, 6) is -0.929. The summed E-state index contributed by atoms with van der Waals surface area (Å²) in [6.45, 7) is 3.06. The topological polar surface area (TPSA) is 75.7 Å². The third-order valence-corrected chi connectivity index (χ3v) is 6.26. The van der Waals surface area contributed by atoms with Gasteiger partial charge in [-0.1, -0.05) is 12.1 Å². The van der Waals surface area contributed by atoms with Gasteiger partial charge in [-0.25, -0.2) is 0 Å². The van der Waals surface area contributed by atoms with Crippen LogP contribution in [-0.4, -0.2) is 41.9 Å². The molecular formula is C19H22N2O4S2. The predicted molar refractivity (Wildman–Crippen MR) is 105 cm³/mol. The lowest BCUT2D eigenvalue weighted by Gasteiger charge is -2.31. The van der Waals surface area contributed by atoms with E-state index in [-0.39, 0.29) is 23.7 Å². The Hall–Kier alpha value is -2.19. The van der Waals surface area contributed by atoms with Crippen LogP contribution in [-0.2, 0) is 20.9 Å². The van der Waals surface area contributed by atoms with Crippen molar-refractivity contribution in [1.82, 2.24) is 10.2 Å². The Morgan fingerprint density at radius 3 is 2.52 bits per heavy atom. The molecule has 0 unspecified atom stereocenters. The van der Waals surface area contributed by atoms with Crippen molar-refractivity contribution >= 4 is 40.5 Å². The van der Waals surface area contributed by atoms with E-state index in [1.807, 2.05) is 35.0 Å². The van der Waals surface area contributed by atoms with Crippen molar-refractivity contribution in [3.63, 3.8) is 0 Å². The summed E-state index contributed by atoms with van der Waals surface area (Å²) >= 11 is 2.98. The maximum atomic E-state index is 12.3.